The fraction of sp³-hybridized carbons (Fsp3) is 0.0714. The van der Waals surface area contributed by atoms with Crippen LogP contribution in [0, 0.1) is 42.6 Å². The predicted octanol–water partition coefficient (Wildman–Crippen LogP) is 6.80. The molecule has 239 valence electrons. The zero-order valence-corrected chi connectivity index (χ0v) is 27.3. The van der Waals surface area contributed by atoms with Crippen molar-refractivity contribution in [3.05, 3.63) is 91.6 Å². The Kier molecular flexibility index (Phi) is 13.8. The molecule has 0 amide bonds. The van der Waals surface area contributed by atoms with Gasteiger partial charge < -0.3 is 14.2 Å². The van der Waals surface area contributed by atoms with E-state index in [4.69, 9.17) is 24.0 Å². The van der Waals surface area contributed by atoms with E-state index in [1.807, 2.05) is 0 Å². The zero-order valence-electron chi connectivity index (χ0n) is 23.0. The molecule has 2 N–H and O–H groups in total. The summed E-state index contributed by atoms with van der Waals surface area (Å²) in [7, 11) is 1.79. The summed E-state index contributed by atoms with van der Waals surface area (Å²) in [6, 6.07) is 9.29. The van der Waals surface area contributed by atoms with Gasteiger partial charge in [-0.1, -0.05) is 7.43 Å². The number of H-pyrrole nitrogens is 1. The first kappa shape index (κ1) is 37.0. The molecule has 2 aromatic carbocycles. The molecule has 4 aromatic heterocycles. The van der Waals surface area contributed by atoms with Gasteiger partial charge in [0, 0.05) is 36.7 Å². The van der Waals surface area contributed by atoms with E-state index in [0.717, 1.165) is 38.7 Å². The Labute approximate surface area is 292 Å². The van der Waals surface area contributed by atoms with Crippen LogP contribution in [-0.2, 0) is 4.70 Å². The number of nitrogens with zero attached hydrogens (tertiary/aromatic N) is 5. The maximum atomic E-state index is 13.6. The molecule has 0 aliphatic heterocycles. The molecule has 0 fully saturated rings. The summed E-state index contributed by atoms with van der Waals surface area (Å²) in [6.45, 7) is 1.72. The Morgan fingerprint density at radius 1 is 0.894 bits per heavy atom. The number of fused-ring (bicyclic) bond motifs is 2. The summed E-state index contributed by atoms with van der Waals surface area (Å²) in [5.74, 6) is -1.03. The van der Waals surface area contributed by atoms with Crippen molar-refractivity contribution in [1.82, 2.24) is 30.1 Å². The van der Waals surface area contributed by atoms with Crippen molar-refractivity contribution in [1.29, 1.82) is 0 Å². The average molecular weight is 871 g/mol. The van der Waals surface area contributed by atoms with E-state index >= 15 is 0 Å². The van der Waals surface area contributed by atoms with Gasteiger partial charge in [-0.3, -0.25) is 5.10 Å². The number of rotatable bonds is 6. The van der Waals surface area contributed by atoms with E-state index < -0.39 is 23.3 Å². The molecular weight excluding hydrogens is 852 g/mol. The number of halogens is 6. The van der Waals surface area contributed by atoms with Crippen LogP contribution in [0.2, 0.25) is 6.82 Å². The number of pyridine rings is 2. The monoisotopic (exact) mass is 871 g/mol. The van der Waals surface area contributed by atoms with Gasteiger partial charge in [-0.2, -0.15) is 5.10 Å². The number of aliphatic hydroxyl groups is 1. The molecule has 19 heteroatoms. The van der Waals surface area contributed by atoms with Crippen molar-refractivity contribution in [3.8, 4) is 35.2 Å². The van der Waals surface area contributed by atoms with E-state index in [9.17, 15) is 17.6 Å². The number of aliphatic hydroxyl groups excluding tert-OH is 1. The van der Waals surface area contributed by atoms with Gasteiger partial charge in [0.05, 0.1) is 10.8 Å². The molecule has 0 bridgehead atoms. The molecule has 1 radical (unpaired) electrons. The van der Waals surface area contributed by atoms with Crippen LogP contribution in [0.1, 0.15) is 7.43 Å². The average Bonchev–Trinajstić information content (AvgIpc) is 3.55. The van der Waals surface area contributed by atoms with Crippen molar-refractivity contribution < 1.29 is 41.6 Å². The van der Waals surface area contributed by atoms with Crippen molar-refractivity contribution in [2.45, 2.75) is 14.2 Å². The molecule has 4 heterocycles. The zero-order chi connectivity index (χ0) is 33.2. The number of nitrogens with one attached hydrogen (secondary N) is 1. The van der Waals surface area contributed by atoms with E-state index in [2.05, 4.69) is 70.4 Å². The molecule has 6 aromatic rings. The molecule has 6 rings (SSSR count). The van der Waals surface area contributed by atoms with Gasteiger partial charge in [0.2, 0.25) is 11.8 Å². The number of aromatic nitrogens is 6. The van der Waals surface area contributed by atoms with E-state index in [-0.39, 0.29) is 30.7 Å². The summed E-state index contributed by atoms with van der Waals surface area (Å²) < 4.78 is 79.2. The van der Waals surface area contributed by atoms with E-state index in [1.54, 1.807) is 37.2 Å². The summed E-state index contributed by atoms with van der Waals surface area (Å²) in [5.41, 5.74) is 1.28. The number of hydrogen-bond donors (Lipinski definition) is 2. The molecule has 11 nitrogen and oxygen atoms in total. The van der Waals surface area contributed by atoms with Gasteiger partial charge in [-0.25, -0.2) is 27.5 Å². The third-order valence-electron chi connectivity index (χ3n) is 5.38. The van der Waals surface area contributed by atoms with Crippen LogP contribution in [0.3, 0.4) is 0 Å². The summed E-state index contributed by atoms with van der Waals surface area (Å²) >= 11 is 4.15. The Balaban J connectivity index is 0.000000221. The first-order valence-electron chi connectivity index (χ1n) is 12.5. The second-order valence-electron chi connectivity index (χ2n) is 8.35. The van der Waals surface area contributed by atoms with Crippen LogP contribution in [-0.4, -0.2) is 49.8 Å². The van der Waals surface area contributed by atoms with Crippen molar-refractivity contribution in [3.63, 3.8) is 0 Å². The second kappa shape index (κ2) is 17.5. The van der Waals surface area contributed by atoms with Crippen molar-refractivity contribution in [2.24, 2.45) is 0 Å². The van der Waals surface area contributed by atoms with Crippen molar-refractivity contribution >= 4 is 81.6 Å². The van der Waals surface area contributed by atoms with Crippen molar-refractivity contribution in [2.75, 3.05) is 0 Å². The van der Waals surface area contributed by atoms with Crippen LogP contribution >= 0.6 is 45.2 Å². The third kappa shape index (κ3) is 9.77. The Morgan fingerprint density at radius 2 is 1.47 bits per heavy atom. The fourth-order valence-electron chi connectivity index (χ4n) is 3.45. The normalized spacial score (nSPS) is 9.77. The Morgan fingerprint density at radius 3 is 1.98 bits per heavy atom. The minimum atomic E-state index is -0.803. The molecule has 0 aliphatic rings. The molecule has 47 heavy (non-hydrogen) atoms. The van der Waals surface area contributed by atoms with Crippen LogP contribution in [0.25, 0.3) is 21.8 Å². The topological polar surface area (TPSA) is 137 Å². The Hall–Kier alpha value is -4.45. The summed E-state index contributed by atoms with van der Waals surface area (Å²) in [4.78, 5) is 9.46. The maximum absolute atomic E-state index is 13.6. The van der Waals surface area contributed by atoms with Gasteiger partial charge in [0.15, 0.2) is 23.1 Å². The molecular formula is C28H19B2F4I2N6O5. The number of hydrogen-bond acceptors (Lipinski definition) is 9. The summed E-state index contributed by atoms with van der Waals surface area (Å²) in [5, 5.41) is 20.1. The molecule has 0 saturated carbocycles. The van der Waals surface area contributed by atoms with Crippen LogP contribution < -0.4 is 14.2 Å². The molecule has 0 aliphatic carbocycles. The first-order valence-corrected chi connectivity index (χ1v) is 14.6. The van der Waals surface area contributed by atoms with Gasteiger partial charge in [0.1, 0.15) is 30.1 Å². The molecule has 0 spiro atoms. The first-order chi connectivity index (χ1) is 22.1. The second-order valence-corrected chi connectivity index (χ2v) is 10.4. The van der Waals surface area contributed by atoms with E-state index in [0.29, 0.717) is 21.9 Å². The molecule has 0 saturated heterocycles. The van der Waals surface area contributed by atoms with Crippen LogP contribution in [0.4, 0.5) is 17.6 Å². The van der Waals surface area contributed by atoms with Crippen LogP contribution in [0.5, 0.6) is 23.3 Å². The number of benzene rings is 2. The third-order valence-corrected chi connectivity index (χ3v) is 7.00. The van der Waals surface area contributed by atoms with Crippen LogP contribution in [0.15, 0.2) is 60.9 Å². The van der Waals surface area contributed by atoms with Gasteiger partial charge in [-0.05, 0) is 76.3 Å². The molecule has 0 atom stereocenters. The van der Waals surface area contributed by atoms with E-state index in [1.165, 1.54) is 30.6 Å². The molecule has 0 unspecified atom stereocenters. The quantitative estimate of drug-likeness (QED) is 0.0802. The SMILES string of the molecule is C.C[B]On1nc(I)c2cnc(Oc3ccc(F)cc3F)cc21.Fc1ccc(Oc2cc3n[nH]c(I)c3cn2)c(F)c1.O=BC#CO. The number of ether oxygens (including phenoxy) is 2. The standard InChI is InChI=1S/C13H8BF2IN3O2.C12H6F2IN3O.C2HBO2.CH4/c1-14-22-20-10-5-12(18-6-8(10)13(17)19-20)21-11-3-2-7(15)4-9(11)16;13-6-1-2-10(8(14)3-6)19-11-4-9-7(5-16-11)12(15)18-17-9;4-2-1-3-5;/h2-6H,1H3;1-5H,(H,17,18);4H;1H4. The minimum absolute atomic E-state index is 0. The predicted molar refractivity (Wildman–Crippen MR) is 181 cm³/mol. The van der Waals surface area contributed by atoms with Gasteiger partial charge in [0.25, 0.3) is 0 Å². The van der Waals surface area contributed by atoms with Gasteiger partial charge >= 0.3 is 36.4 Å². The summed E-state index contributed by atoms with van der Waals surface area (Å²) in [6.07, 6.45) is 4.53. The van der Waals surface area contributed by atoms with Gasteiger partial charge in [-0.15, -0.1) is 9.94 Å². The Bertz CT molecular complexity index is 2080. The fourth-order valence-corrected chi connectivity index (χ4v) is 4.60. The number of aromatic amines is 1.